The molecule has 4 rings (SSSR count). The maximum absolute atomic E-state index is 14.9. The Balaban J connectivity index is 1.51. The smallest absolute Gasteiger partial charge is 0.237 e. The van der Waals surface area contributed by atoms with Crippen LogP contribution in [0, 0.1) is 19.7 Å². The quantitative estimate of drug-likeness (QED) is 0.205. The molecule has 0 saturated carbocycles. The van der Waals surface area contributed by atoms with Crippen molar-refractivity contribution in [2.45, 2.75) is 58.1 Å². The number of hydrogen-bond donors (Lipinski definition) is 3. The zero-order valence-electron chi connectivity index (χ0n) is 22.1. The van der Waals surface area contributed by atoms with Gasteiger partial charge >= 0.3 is 0 Å². The van der Waals surface area contributed by atoms with Crippen LogP contribution in [0.3, 0.4) is 0 Å². The van der Waals surface area contributed by atoms with Crippen molar-refractivity contribution in [3.8, 4) is 0 Å². The lowest BCUT2D eigenvalue weighted by molar-refractivity contribution is 0.362. The molecule has 1 fully saturated rings. The van der Waals surface area contributed by atoms with E-state index >= 15 is 0 Å². The van der Waals surface area contributed by atoms with E-state index in [1.54, 1.807) is 45.3 Å². The minimum atomic E-state index is -3.58. The number of aryl methyl sites for hydroxylation is 2. The second-order valence-electron chi connectivity index (χ2n) is 10.6. The van der Waals surface area contributed by atoms with E-state index < -0.39 is 14.8 Å². The summed E-state index contributed by atoms with van der Waals surface area (Å²) in [4.78, 5) is 13.3. The average Bonchev–Trinajstić information content (AvgIpc) is 2.81. The summed E-state index contributed by atoms with van der Waals surface area (Å²) in [5, 5.41) is 6.24. The van der Waals surface area contributed by atoms with E-state index in [1.807, 2.05) is 19.9 Å². The number of sulfonamides is 1. The van der Waals surface area contributed by atoms with E-state index in [9.17, 15) is 12.8 Å². The topological polar surface area (TPSA) is 112 Å². The molecule has 38 heavy (non-hydrogen) atoms. The first kappa shape index (κ1) is 28.4. The summed E-state index contributed by atoms with van der Waals surface area (Å²) in [5.41, 5.74) is 3.41. The summed E-state index contributed by atoms with van der Waals surface area (Å²) >= 11 is 2.30. The number of hydrogen-bond acceptors (Lipinski definition) is 8. The fraction of sp³-hybridized carbons (Fsp3) is 0.423. The van der Waals surface area contributed by atoms with Crippen LogP contribution in [0.2, 0.25) is 0 Å². The summed E-state index contributed by atoms with van der Waals surface area (Å²) in [6.45, 7) is 10.5. The van der Waals surface area contributed by atoms with Gasteiger partial charge in [0.25, 0.3) is 0 Å². The number of piperidine rings is 1. The molecule has 3 heterocycles. The Morgan fingerprint density at radius 1 is 1.00 bits per heavy atom. The van der Waals surface area contributed by atoms with Gasteiger partial charge in [0.2, 0.25) is 16.0 Å². The molecule has 1 aliphatic heterocycles. The second kappa shape index (κ2) is 11.3. The number of nitrogens with zero attached hydrogens (tertiary/aromatic N) is 4. The van der Waals surface area contributed by atoms with Crippen LogP contribution in [0.5, 0.6) is 0 Å². The number of pyridine rings is 1. The lowest BCUT2D eigenvalue weighted by Crippen LogP contribution is -2.33. The fourth-order valence-corrected chi connectivity index (χ4v) is 5.36. The van der Waals surface area contributed by atoms with Crippen LogP contribution in [0.1, 0.15) is 56.2 Å². The molecular weight excluding hydrogens is 620 g/mol. The molecule has 0 aliphatic carbocycles. The monoisotopic (exact) mass is 653 g/mol. The van der Waals surface area contributed by atoms with Crippen molar-refractivity contribution in [3.63, 3.8) is 0 Å². The van der Waals surface area contributed by atoms with E-state index in [2.05, 4.69) is 56.3 Å². The van der Waals surface area contributed by atoms with E-state index in [0.29, 0.717) is 28.6 Å². The van der Waals surface area contributed by atoms with Crippen molar-refractivity contribution in [2.75, 3.05) is 28.4 Å². The Bertz CT molecular complexity index is 1420. The first-order valence-electron chi connectivity index (χ1n) is 12.4. The van der Waals surface area contributed by atoms with E-state index in [1.165, 1.54) is 6.07 Å². The summed E-state index contributed by atoms with van der Waals surface area (Å²) in [5.74, 6) is 0.991. The van der Waals surface area contributed by atoms with Crippen molar-refractivity contribution < 1.29 is 12.8 Å². The molecule has 2 aromatic heterocycles. The second-order valence-corrected chi connectivity index (χ2v) is 14.4. The van der Waals surface area contributed by atoms with Crippen molar-refractivity contribution >= 4 is 61.8 Å². The molecule has 0 amide bonds. The van der Waals surface area contributed by atoms with Gasteiger partial charge in [-0.1, -0.05) is 0 Å². The van der Waals surface area contributed by atoms with Crippen LogP contribution >= 0.6 is 22.9 Å². The predicted molar refractivity (Wildman–Crippen MR) is 159 cm³/mol. The first-order valence-corrected chi connectivity index (χ1v) is 14.8. The minimum absolute atomic E-state index is 0.168. The van der Waals surface area contributed by atoms with Gasteiger partial charge in [0.15, 0.2) is 0 Å². The molecule has 0 atom stereocenters. The Hall–Kier alpha value is -2.58. The number of benzene rings is 1. The summed E-state index contributed by atoms with van der Waals surface area (Å²) < 4.78 is 44.1. The van der Waals surface area contributed by atoms with Crippen molar-refractivity contribution in [3.05, 3.63) is 59.2 Å². The molecule has 3 aromatic rings. The lowest BCUT2D eigenvalue weighted by atomic mass is 9.91. The van der Waals surface area contributed by atoms with Crippen LogP contribution in [-0.4, -0.2) is 44.3 Å². The van der Waals surface area contributed by atoms with Gasteiger partial charge in [-0.2, -0.15) is 4.98 Å². The van der Waals surface area contributed by atoms with Crippen LogP contribution in [-0.2, 0) is 10.0 Å². The molecule has 1 aliphatic rings. The van der Waals surface area contributed by atoms with Gasteiger partial charge in [0, 0.05) is 71.2 Å². The van der Waals surface area contributed by atoms with Crippen LogP contribution < -0.4 is 15.4 Å². The maximum atomic E-state index is 14.9. The highest BCUT2D eigenvalue weighted by atomic mass is 127. The van der Waals surface area contributed by atoms with Gasteiger partial charge < -0.3 is 10.6 Å². The van der Waals surface area contributed by atoms with Gasteiger partial charge in [-0.25, -0.2) is 25.9 Å². The third-order valence-electron chi connectivity index (χ3n) is 6.37. The van der Waals surface area contributed by atoms with Crippen molar-refractivity contribution in [2.24, 2.45) is 0 Å². The largest absolute Gasteiger partial charge is 0.340 e. The lowest BCUT2D eigenvalue weighted by Gasteiger charge is -2.27. The number of halogens is 2. The molecule has 12 heteroatoms. The molecule has 9 nitrogen and oxygen atoms in total. The normalized spacial score (nSPS) is 15.3. The van der Waals surface area contributed by atoms with Gasteiger partial charge in [0.05, 0.1) is 10.4 Å². The Morgan fingerprint density at radius 2 is 1.68 bits per heavy atom. The third kappa shape index (κ3) is 6.89. The summed E-state index contributed by atoms with van der Waals surface area (Å²) in [7, 11) is -3.58. The zero-order valence-corrected chi connectivity index (χ0v) is 25.1. The van der Waals surface area contributed by atoms with Gasteiger partial charge in [-0.15, -0.1) is 0 Å². The highest BCUT2D eigenvalue weighted by Crippen LogP contribution is 2.32. The SMILES string of the molecule is Cc1cc(Nc2nc(Nc3cc(F)c(C4CCN(I)CC4)cn3)ncc2C)cc(NS(=O)(=O)C(C)(C)C)c1. The Labute approximate surface area is 237 Å². The molecule has 0 bridgehead atoms. The Morgan fingerprint density at radius 3 is 2.34 bits per heavy atom. The predicted octanol–water partition coefficient (Wildman–Crippen LogP) is 6.18. The molecule has 1 aromatic carbocycles. The average molecular weight is 654 g/mol. The Kier molecular flexibility index (Phi) is 8.43. The molecule has 0 radical (unpaired) electrons. The number of nitrogens with one attached hydrogen (secondary N) is 3. The number of anilines is 5. The fourth-order valence-electron chi connectivity index (χ4n) is 4.07. The van der Waals surface area contributed by atoms with Gasteiger partial charge in [0.1, 0.15) is 17.5 Å². The first-order chi connectivity index (χ1) is 17.8. The van der Waals surface area contributed by atoms with E-state index in [4.69, 9.17) is 0 Å². The molecule has 3 N–H and O–H groups in total. The molecular formula is C26H33FIN7O2S. The third-order valence-corrected chi connectivity index (χ3v) is 9.45. The molecule has 1 saturated heterocycles. The van der Waals surface area contributed by atoms with Gasteiger partial charge in [-0.3, -0.25) is 4.72 Å². The van der Waals surface area contributed by atoms with Crippen molar-refractivity contribution in [1.29, 1.82) is 0 Å². The molecule has 204 valence electrons. The summed E-state index contributed by atoms with van der Waals surface area (Å²) in [6, 6.07) is 6.75. The maximum Gasteiger partial charge on any atom is 0.237 e. The molecule has 0 spiro atoms. The van der Waals surface area contributed by atoms with Crippen LogP contribution in [0.15, 0.2) is 36.7 Å². The number of aromatic nitrogens is 3. The van der Waals surface area contributed by atoms with Gasteiger partial charge in [-0.05, 0) is 77.1 Å². The zero-order chi connectivity index (χ0) is 27.7. The highest BCUT2D eigenvalue weighted by molar-refractivity contribution is 14.1. The van der Waals surface area contributed by atoms with E-state index in [0.717, 1.165) is 37.1 Å². The van der Waals surface area contributed by atoms with E-state index in [-0.39, 0.29) is 17.7 Å². The minimum Gasteiger partial charge on any atom is -0.340 e. The number of rotatable bonds is 7. The van der Waals surface area contributed by atoms with Crippen LogP contribution in [0.25, 0.3) is 0 Å². The summed E-state index contributed by atoms with van der Waals surface area (Å²) in [6.07, 6.45) is 5.07. The molecule has 0 unspecified atom stereocenters. The standard InChI is InChI=1S/C26H33FIN7O2S/c1-16-10-19(12-20(11-16)34-38(36,37)26(3,4)5)31-24-17(2)14-30-25(33-24)32-23-13-22(27)21(15-29-23)18-6-8-35(28)9-7-18/h10-15,18,34H,6-9H2,1-5H3,(H2,29,30,31,32,33). The van der Waals surface area contributed by atoms with Crippen LogP contribution in [0.4, 0.5) is 33.3 Å². The highest BCUT2D eigenvalue weighted by Gasteiger charge is 2.29. The van der Waals surface area contributed by atoms with Crippen molar-refractivity contribution in [1.82, 2.24) is 18.1 Å².